The molecular formula is C20H25N3O5S2. The summed E-state index contributed by atoms with van der Waals surface area (Å²) in [5.41, 5.74) is 0.747. The standard InChI is InChI=1S/C20H25N3O5S2/c1-28-12-10-21-20(25)16-7-2-3-8-17(16)22-19(24)15-6-4-11-23(14-15)30(26,27)18-9-5-13-29-18/h2-3,5,7-9,13,15H,4,6,10-12,14H2,1H3,(H,21,25)(H,22,24). The SMILES string of the molecule is COCCNC(=O)c1ccccc1NC(=O)C1CCCN(S(=O)(=O)c2cccs2)C1. The summed E-state index contributed by atoms with van der Waals surface area (Å²) >= 11 is 1.17. The number of nitrogens with one attached hydrogen (secondary N) is 2. The first kappa shape index (κ1) is 22.4. The third-order valence-corrected chi connectivity index (χ3v) is 8.10. The van der Waals surface area contributed by atoms with Gasteiger partial charge in [-0.2, -0.15) is 4.31 Å². The van der Waals surface area contributed by atoms with Crippen molar-refractivity contribution < 1.29 is 22.7 Å². The van der Waals surface area contributed by atoms with Crippen LogP contribution in [0, 0.1) is 5.92 Å². The Hall–Kier alpha value is -2.27. The molecule has 3 rings (SSSR count). The highest BCUT2D eigenvalue weighted by molar-refractivity contribution is 7.91. The van der Waals surface area contributed by atoms with Crippen LogP contribution in [0.5, 0.6) is 0 Å². The smallest absolute Gasteiger partial charge is 0.253 e. The van der Waals surface area contributed by atoms with Crippen molar-refractivity contribution in [2.75, 3.05) is 38.7 Å². The molecule has 0 saturated carbocycles. The minimum Gasteiger partial charge on any atom is -0.383 e. The van der Waals surface area contributed by atoms with Crippen LogP contribution in [0.2, 0.25) is 0 Å². The van der Waals surface area contributed by atoms with Crippen molar-refractivity contribution in [1.29, 1.82) is 0 Å². The summed E-state index contributed by atoms with van der Waals surface area (Å²) in [6.07, 6.45) is 1.19. The molecule has 2 aromatic rings. The quantitative estimate of drug-likeness (QED) is 0.599. The molecule has 0 bridgehead atoms. The summed E-state index contributed by atoms with van der Waals surface area (Å²) in [7, 11) is -2.05. The van der Waals surface area contributed by atoms with Gasteiger partial charge in [-0.3, -0.25) is 9.59 Å². The zero-order valence-electron chi connectivity index (χ0n) is 16.7. The molecule has 2 heterocycles. The number of carbonyl (C=O) groups excluding carboxylic acids is 2. The van der Waals surface area contributed by atoms with Crippen molar-refractivity contribution in [3.8, 4) is 0 Å². The Morgan fingerprint density at radius 2 is 2.03 bits per heavy atom. The van der Waals surface area contributed by atoms with Crippen LogP contribution < -0.4 is 10.6 Å². The van der Waals surface area contributed by atoms with E-state index in [0.29, 0.717) is 43.8 Å². The average molecular weight is 452 g/mol. The van der Waals surface area contributed by atoms with Crippen LogP contribution in [0.25, 0.3) is 0 Å². The van der Waals surface area contributed by atoms with Gasteiger partial charge in [0, 0.05) is 26.7 Å². The molecule has 1 fully saturated rings. The van der Waals surface area contributed by atoms with Gasteiger partial charge in [0.25, 0.3) is 15.9 Å². The highest BCUT2D eigenvalue weighted by Gasteiger charge is 2.34. The number of hydrogen-bond donors (Lipinski definition) is 2. The maximum Gasteiger partial charge on any atom is 0.253 e. The third kappa shape index (κ3) is 5.25. The normalized spacial score (nSPS) is 17.4. The lowest BCUT2D eigenvalue weighted by molar-refractivity contribution is -0.120. The molecule has 8 nitrogen and oxygen atoms in total. The topological polar surface area (TPSA) is 105 Å². The Balaban J connectivity index is 1.68. The number of benzene rings is 1. The van der Waals surface area contributed by atoms with Gasteiger partial charge in [-0.15, -0.1) is 11.3 Å². The van der Waals surface area contributed by atoms with E-state index in [2.05, 4.69) is 10.6 Å². The largest absolute Gasteiger partial charge is 0.383 e. The van der Waals surface area contributed by atoms with E-state index >= 15 is 0 Å². The summed E-state index contributed by atoms with van der Waals surface area (Å²) in [4.78, 5) is 25.3. The Morgan fingerprint density at radius 1 is 1.23 bits per heavy atom. The number of sulfonamides is 1. The molecule has 10 heteroatoms. The van der Waals surface area contributed by atoms with Gasteiger partial charge >= 0.3 is 0 Å². The number of nitrogens with zero attached hydrogens (tertiary/aromatic N) is 1. The lowest BCUT2D eigenvalue weighted by atomic mass is 9.98. The molecule has 1 aliphatic rings. The second-order valence-corrected chi connectivity index (χ2v) is 10.0. The molecule has 162 valence electrons. The second-order valence-electron chi connectivity index (χ2n) is 6.92. The first-order valence-electron chi connectivity index (χ1n) is 9.64. The summed E-state index contributed by atoms with van der Waals surface area (Å²) in [6.45, 7) is 1.25. The van der Waals surface area contributed by atoms with Crippen molar-refractivity contribution in [3.63, 3.8) is 0 Å². The zero-order valence-corrected chi connectivity index (χ0v) is 18.3. The number of para-hydroxylation sites is 1. The van der Waals surface area contributed by atoms with E-state index in [9.17, 15) is 18.0 Å². The molecule has 0 radical (unpaired) electrons. The Kier molecular flexibility index (Phi) is 7.59. The predicted molar refractivity (Wildman–Crippen MR) is 115 cm³/mol. The molecule has 1 aromatic carbocycles. The summed E-state index contributed by atoms with van der Waals surface area (Å²) in [5.74, 6) is -1.09. The van der Waals surface area contributed by atoms with Gasteiger partial charge in [-0.05, 0) is 36.4 Å². The van der Waals surface area contributed by atoms with E-state index in [-0.39, 0.29) is 22.6 Å². The van der Waals surface area contributed by atoms with Crippen molar-refractivity contribution in [2.24, 2.45) is 5.92 Å². The Bertz CT molecular complexity index is 976. The van der Waals surface area contributed by atoms with Gasteiger partial charge in [0.05, 0.1) is 23.8 Å². The van der Waals surface area contributed by atoms with E-state index in [1.54, 1.807) is 48.9 Å². The molecule has 0 aliphatic carbocycles. The maximum atomic E-state index is 12.9. The van der Waals surface area contributed by atoms with E-state index in [1.807, 2.05) is 0 Å². The summed E-state index contributed by atoms with van der Waals surface area (Å²) < 4.78 is 32.1. The fraction of sp³-hybridized carbons (Fsp3) is 0.400. The van der Waals surface area contributed by atoms with Gasteiger partial charge in [0.15, 0.2) is 0 Å². The number of ether oxygens (including phenoxy) is 1. The minimum atomic E-state index is -3.60. The second kappa shape index (κ2) is 10.2. The molecule has 2 N–H and O–H groups in total. The van der Waals surface area contributed by atoms with Crippen LogP contribution in [0.1, 0.15) is 23.2 Å². The maximum absolute atomic E-state index is 12.9. The van der Waals surface area contributed by atoms with Gasteiger partial charge in [0.2, 0.25) is 5.91 Å². The fourth-order valence-electron chi connectivity index (χ4n) is 3.30. The highest BCUT2D eigenvalue weighted by atomic mass is 32.2. The molecular weight excluding hydrogens is 426 g/mol. The molecule has 1 aromatic heterocycles. The predicted octanol–water partition coefficient (Wildman–Crippen LogP) is 2.16. The van der Waals surface area contributed by atoms with Crippen LogP contribution in [0.15, 0.2) is 46.0 Å². The summed E-state index contributed by atoms with van der Waals surface area (Å²) in [6, 6.07) is 10.0. The van der Waals surface area contributed by atoms with Crippen LogP contribution in [-0.4, -0.2) is 57.9 Å². The molecule has 1 atom stereocenters. The number of amides is 2. The van der Waals surface area contributed by atoms with Crippen molar-refractivity contribution >= 4 is 38.9 Å². The van der Waals surface area contributed by atoms with E-state index in [1.165, 1.54) is 15.6 Å². The van der Waals surface area contributed by atoms with Gasteiger partial charge in [-0.25, -0.2) is 8.42 Å². The number of methoxy groups -OCH3 is 1. The average Bonchev–Trinajstić information content (AvgIpc) is 3.30. The van der Waals surface area contributed by atoms with Crippen molar-refractivity contribution in [2.45, 2.75) is 17.1 Å². The lowest BCUT2D eigenvalue weighted by Gasteiger charge is -2.30. The molecule has 1 aliphatic heterocycles. The number of hydrogen-bond acceptors (Lipinski definition) is 6. The van der Waals surface area contributed by atoms with Gasteiger partial charge in [0.1, 0.15) is 4.21 Å². The lowest BCUT2D eigenvalue weighted by Crippen LogP contribution is -2.43. The molecule has 30 heavy (non-hydrogen) atoms. The number of piperidine rings is 1. The van der Waals surface area contributed by atoms with Crippen LogP contribution >= 0.6 is 11.3 Å². The van der Waals surface area contributed by atoms with E-state index < -0.39 is 15.9 Å². The van der Waals surface area contributed by atoms with Gasteiger partial charge in [-0.1, -0.05) is 18.2 Å². The number of carbonyl (C=O) groups is 2. The van der Waals surface area contributed by atoms with Crippen LogP contribution in [-0.2, 0) is 19.6 Å². The number of anilines is 1. The molecule has 1 saturated heterocycles. The van der Waals surface area contributed by atoms with Crippen molar-refractivity contribution in [3.05, 3.63) is 47.3 Å². The molecule has 2 amide bonds. The monoisotopic (exact) mass is 451 g/mol. The third-order valence-electron chi connectivity index (χ3n) is 4.87. The van der Waals surface area contributed by atoms with E-state index in [0.717, 1.165) is 0 Å². The Morgan fingerprint density at radius 3 is 2.77 bits per heavy atom. The number of rotatable bonds is 8. The van der Waals surface area contributed by atoms with Crippen molar-refractivity contribution in [1.82, 2.24) is 9.62 Å². The number of thiophene rings is 1. The molecule has 0 spiro atoms. The van der Waals surface area contributed by atoms with Crippen LogP contribution in [0.4, 0.5) is 5.69 Å². The Labute approximate surface area is 180 Å². The fourth-order valence-corrected chi connectivity index (χ4v) is 5.97. The minimum absolute atomic E-state index is 0.119. The first-order valence-corrected chi connectivity index (χ1v) is 12.0. The zero-order chi connectivity index (χ0) is 21.6. The highest BCUT2D eigenvalue weighted by Crippen LogP contribution is 2.27. The first-order chi connectivity index (χ1) is 14.4. The van der Waals surface area contributed by atoms with Crippen LogP contribution in [0.3, 0.4) is 0 Å². The molecule has 1 unspecified atom stereocenters. The van der Waals surface area contributed by atoms with Gasteiger partial charge < -0.3 is 15.4 Å². The van der Waals surface area contributed by atoms with E-state index in [4.69, 9.17) is 4.74 Å². The summed E-state index contributed by atoms with van der Waals surface area (Å²) in [5, 5.41) is 7.26.